The summed E-state index contributed by atoms with van der Waals surface area (Å²) >= 11 is 0. The van der Waals surface area contributed by atoms with Gasteiger partial charge in [-0.2, -0.15) is 0 Å². The van der Waals surface area contributed by atoms with Crippen LogP contribution in [0.25, 0.3) is 0 Å². The molecule has 0 unspecified atom stereocenters. The summed E-state index contributed by atoms with van der Waals surface area (Å²) < 4.78 is 4.83. The molecule has 1 aromatic rings. The summed E-state index contributed by atoms with van der Waals surface area (Å²) in [6, 6.07) is 5.72. The molecule has 106 valence electrons. The Morgan fingerprint density at radius 2 is 1.55 bits per heavy atom. The molecule has 1 N–H and O–H groups in total. The van der Waals surface area contributed by atoms with Crippen LogP contribution in [0.3, 0.4) is 0 Å². The van der Waals surface area contributed by atoms with Crippen molar-refractivity contribution in [3.05, 3.63) is 35.4 Å². The number of ketones is 2. The molecular formula is C14H14O6. The first kappa shape index (κ1) is 15.6. The maximum absolute atomic E-state index is 11.8. The van der Waals surface area contributed by atoms with Gasteiger partial charge >= 0.3 is 11.9 Å². The van der Waals surface area contributed by atoms with Gasteiger partial charge in [-0.25, -0.2) is 4.79 Å². The van der Waals surface area contributed by atoms with Gasteiger partial charge in [-0.15, -0.1) is 0 Å². The fraction of sp³-hybridized carbons (Fsp3) is 0.286. The van der Waals surface area contributed by atoms with E-state index < -0.39 is 29.6 Å². The van der Waals surface area contributed by atoms with Gasteiger partial charge in [0.25, 0.3) is 0 Å². The minimum atomic E-state index is -1.40. The third-order valence-electron chi connectivity index (χ3n) is 2.51. The van der Waals surface area contributed by atoms with Crippen molar-refractivity contribution in [3.63, 3.8) is 0 Å². The van der Waals surface area contributed by atoms with Crippen LogP contribution < -0.4 is 0 Å². The molecule has 0 aliphatic rings. The quantitative estimate of drug-likeness (QED) is 0.616. The number of carbonyl (C=O) groups excluding carboxylic acids is 3. The Labute approximate surface area is 115 Å². The number of Topliss-reactive ketones (excluding diaryl/α,β-unsaturated/α-hetero) is 2. The van der Waals surface area contributed by atoms with Crippen LogP contribution in [-0.4, -0.2) is 34.7 Å². The summed E-state index contributed by atoms with van der Waals surface area (Å²) in [5.41, 5.74) is 0.676. The molecule has 0 saturated carbocycles. The smallest absolute Gasteiger partial charge is 0.339 e. The van der Waals surface area contributed by atoms with E-state index in [1.807, 2.05) is 0 Å². The van der Waals surface area contributed by atoms with Crippen molar-refractivity contribution in [3.8, 4) is 0 Å². The number of rotatable bonds is 6. The van der Waals surface area contributed by atoms with E-state index in [0.29, 0.717) is 5.56 Å². The van der Waals surface area contributed by atoms with Gasteiger partial charge < -0.3 is 9.84 Å². The number of carboxylic acid groups (broad SMARTS) is 1. The Morgan fingerprint density at radius 1 is 1.05 bits per heavy atom. The number of benzene rings is 1. The molecule has 1 rings (SSSR count). The van der Waals surface area contributed by atoms with Crippen LogP contribution in [0.1, 0.15) is 29.8 Å². The maximum Gasteiger partial charge on any atom is 0.339 e. The predicted molar refractivity (Wildman–Crippen MR) is 68.3 cm³/mol. The highest BCUT2D eigenvalue weighted by molar-refractivity contribution is 6.05. The summed E-state index contributed by atoms with van der Waals surface area (Å²) in [5, 5.41) is 8.62. The predicted octanol–water partition coefficient (Wildman–Crippen LogP) is 1.02. The average molecular weight is 278 g/mol. The number of ether oxygens (including phenoxy) is 1. The highest BCUT2D eigenvalue weighted by Gasteiger charge is 2.24. The van der Waals surface area contributed by atoms with Gasteiger partial charge in [0.2, 0.25) is 6.10 Å². The Morgan fingerprint density at radius 3 is 1.95 bits per heavy atom. The minimum absolute atomic E-state index is 0.145. The summed E-state index contributed by atoms with van der Waals surface area (Å²) in [5.74, 6) is -2.88. The zero-order chi connectivity index (χ0) is 15.3. The van der Waals surface area contributed by atoms with E-state index in [0.717, 1.165) is 13.8 Å². The van der Waals surface area contributed by atoms with Gasteiger partial charge in [0.15, 0.2) is 11.6 Å². The lowest BCUT2D eigenvalue weighted by Gasteiger charge is -2.12. The Kier molecular flexibility index (Phi) is 5.14. The monoisotopic (exact) mass is 278 g/mol. The van der Waals surface area contributed by atoms with E-state index in [2.05, 4.69) is 0 Å². The SMILES string of the molecule is CC(=O)C(OC(=O)c1ccc(CC(=O)O)cc1)C(C)=O. The van der Waals surface area contributed by atoms with E-state index >= 15 is 0 Å². The number of esters is 1. The Bertz CT molecular complexity index is 529. The Balaban J connectivity index is 2.79. The molecule has 0 saturated heterocycles. The molecule has 0 spiro atoms. The van der Waals surface area contributed by atoms with E-state index in [1.165, 1.54) is 24.3 Å². The van der Waals surface area contributed by atoms with Crippen molar-refractivity contribution >= 4 is 23.5 Å². The van der Waals surface area contributed by atoms with Gasteiger partial charge in [0.1, 0.15) is 0 Å². The second kappa shape index (κ2) is 6.60. The zero-order valence-electron chi connectivity index (χ0n) is 11.1. The molecule has 0 bridgehead atoms. The molecular weight excluding hydrogens is 264 g/mol. The molecule has 0 amide bonds. The second-order valence-electron chi connectivity index (χ2n) is 4.27. The van der Waals surface area contributed by atoms with Crippen LogP contribution in [0, 0.1) is 0 Å². The first-order valence-corrected chi connectivity index (χ1v) is 5.84. The number of hydrogen-bond donors (Lipinski definition) is 1. The molecule has 0 radical (unpaired) electrons. The third-order valence-corrected chi connectivity index (χ3v) is 2.51. The number of carboxylic acids is 1. The minimum Gasteiger partial charge on any atom is -0.481 e. The molecule has 0 aromatic heterocycles. The summed E-state index contributed by atoms with van der Waals surface area (Å²) in [6.45, 7) is 2.32. The van der Waals surface area contributed by atoms with Crippen LogP contribution in [-0.2, 0) is 25.5 Å². The lowest BCUT2D eigenvalue weighted by Crippen LogP contribution is -2.31. The number of aliphatic carboxylic acids is 1. The molecule has 1 aromatic carbocycles. The van der Waals surface area contributed by atoms with E-state index in [9.17, 15) is 19.2 Å². The highest BCUT2D eigenvalue weighted by Crippen LogP contribution is 2.09. The Hall–Kier alpha value is -2.50. The van der Waals surface area contributed by atoms with Crippen molar-refractivity contribution in [1.29, 1.82) is 0 Å². The normalized spacial score (nSPS) is 10.2. The topological polar surface area (TPSA) is 97.7 Å². The number of hydrogen-bond acceptors (Lipinski definition) is 5. The van der Waals surface area contributed by atoms with Crippen molar-refractivity contribution < 1.29 is 29.0 Å². The molecule has 6 nitrogen and oxygen atoms in total. The van der Waals surface area contributed by atoms with Crippen LogP contribution in [0.15, 0.2) is 24.3 Å². The summed E-state index contributed by atoms with van der Waals surface area (Å²) in [7, 11) is 0. The molecule has 0 aliphatic carbocycles. The van der Waals surface area contributed by atoms with E-state index in [4.69, 9.17) is 9.84 Å². The van der Waals surface area contributed by atoms with Gasteiger partial charge in [-0.1, -0.05) is 12.1 Å². The van der Waals surface area contributed by atoms with Gasteiger partial charge in [0.05, 0.1) is 12.0 Å². The van der Waals surface area contributed by atoms with Crippen LogP contribution in [0.5, 0.6) is 0 Å². The molecule has 0 aliphatic heterocycles. The van der Waals surface area contributed by atoms with Crippen molar-refractivity contribution in [2.75, 3.05) is 0 Å². The van der Waals surface area contributed by atoms with Crippen molar-refractivity contribution in [1.82, 2.24) is 0 Å². The first-order chi connectivity index (χ1) is 9.31. The fourth-order valence-electron chi connectivity index (χ4n) is 1.56. The molecule has 20 heavy (non-hydrogen) atoms. The molecule has 0 atom stereocenters. The summed E-state index contributed by atoms with van der Waals surface area (Å²) in [6.07, 6.45) is -1.56. The molecule has 0 heterocycles. The largest absolute Gasteiger partial charge is 0.481 e. The van der Waals surface area contributed by atoms with Crippen LogP contribution in [0.2, 0.25) is 0 Å². The van der Waals surface area contributed by atoms with E-state index in [-0.39, 0.29) is 12.0 Å². The second-order valence-corrected chi connectivity index (χ2v) is 4.27. The molecule has 6 heteroatoms. The lowest BCUT2D eigenvalue weighted by molar-refractivity contribution is -0.137. The number of carbonyl (C=O) groups is 4. The highest BCUT2D eigenvalue weighted by atomic mass is 16.5. The first-order valence-electron chi connectivity index (χ1n) is 5.84. The van der Waals surface area contributed by atoms with Gasteiger partial charge in [-0.3, -0.25) is 14.4 Å². The average Bonchev–Trinajstić information content (AvgIpc) is 2.35. The van der Waals surface area contributed by atoms with Crippen molar-refractivity contribution in [2.45, 2.75) is 26.4 Å². The maximum atomic E-state index is 11.8. The van der Waals surface area contributed by atoms with Crippen LogP contribution in [0.4, 0.5) is 0 Å². The molecule has 0 fully saturated rings. The third kappa shape index (κ3) is 4.31. The van der Waals surface area contributed by atoms with Gasteiger partial charge in [0, 0.05) is 0 Å². The van der Waals surface area contributed by atoms with E-state index in [1.54, 1.807) is 0 Å². The zero-order valence-corrected chi connectivity index (χ0v) is 11.1. The van der Waals surface area contributed by atoms with Gasteiger partial charge in [-0.05, 0) is 31.5 Å². The van der Waals surface area contributed by atoms with Crippen molar-refractivity contribution in [2.24, 2.45) is 0 Å². The lowest BCUT2D eigenvalue weighted by atomic mass is 10.1. The summed E-state index contributed by atoms with van der Waals surface area (Å²) in [4.78, 5) is 44.6. The standard InChI is InChI=1S/C14H14O6/c1-8(15)13(9(2)16)20-14(19)11-5-3-10(4-6-11)7-12(17)18/h3-6,13H,7H2,1-2H3,(H,17,18). The van der Waals surface area contributed by atoms with Crippen LogP contribution >= 0.6 is 0 Å². The fourth-order valence-corrected chi connectivity index (χ4v) is 1.56.